The van der Waals surface area contributed by atoms with Crippen LogP contribution in [0.5, 0.6) is 0 Å². The van der Waals surface area contributed by atoms with Crippen molar-refractivity contribution in [2.45, 2.75) is 38.0 Å². The van der Waals surface area contributed by atoms with Crippen molar-refractivity contribution in [2.24, 2.45) is 0 Å². The Morgan fingerprint density at radius 1 is 1.13 bits per heavy atom. The van der Waals surface area contributed by atoms with Gasteiger partial charge in [0.1, 0.15) is 15.2 Å². The molecule has 2 aliphatic heterocycles. The number of thioether (sulfide) groups is 1. The van der Waals surface area contributed by atoms with Crippen LogP contribution in [0, 0.1) is 0 Å². The molecule has 0 aromatic heterocycles. The number of anilines is 1. The van der Waals surface area contributed by atoms with E-state index in [1.807, 2.05) is 25.7 Å². The van der Waals surface area contributed by atoms with Gasteiger partial charge < -0.3 is 14.5 Å². The molecular weight excluding hydrogens is 446 g/mol. The number of rotatable bonds is 2. The van der Waals surface area contributed by atoms with Gasteiger partial charge in [-0.2, -0.15) is 0 Å². The first-order chi connectivity index (χ1) is 14.1. The van der Waals surface area contributed by atoms with Gasteiger partial charge in [0.05, 0.1) is 10.7 Å². The van der Waals surface area contributed by atoms with Gasteiger partial charge in [-0.05, 0) is 32.9 Å². The number of carbonyl (C=O) groups is 3. The maximum Gasteiger partial charge on any atom is 0.410 e. The van der Waals surface area contributed by atoms with Crippen molar-refractivity contribution < 1.29 is 19.1 Å². The molecule has 30 heavy (non-hydrogen) atoms. The van der Waals surface area contributed by atoms with E-state index in [4.69, 9.17) is 28.6 Å². The van der Waals surface area contributed by atoms with E-state index in [1.165, 1.54) is 11.8 Å². The summed E-state index contributed by atoms with van der Waals surface area (Å²) in [6, 6.07) is 6.78. The fraction of sp³-hybridized carbons (Fsp3) is 0.500. The summed E-state index contributed by atoms with van der Waals surface area (Å²) in [6.45, 7) is 7.57. The van der Waals surface area contributed by atoms with E-state index in [1.54, 1.807) is 29.2 Å². The minimum absolute atomic E-state index is 0.0761. The summed E-state index contributed by atoms with van der Waals surface area (Å²) in [4.78, 5) is 42.2. The number of ether oxygens (including phenoxy) is 1. The molecule has 3 amide bonds. The highest BCUT2D eigenvalue weighted by Gasteiger charge is 2.42. The lowest BCUT2D eigenvalue weighted by atomic mass is 10.2. The second-order valence-corrected chi connectivity index (χ2v) is 10.3. The summed E-state index contributed by atoms with van der Waals surface area (Å²) in [5.41, 5.74) is -0.142. The summed E-state index contributed by atoms with van der Waals surface area (Å²) in [7, 11) is 0. The maximum absolute atomic E-state index is 12.8. The van der Waals surface area contributed by atoms with Crippen LogP contribution in [0.3, 0.4) is 0 Å². The first-order valence-electron chi connectivity index (χ1n) is 9.61. The molecule has 3 rings (SSSR count). The van der Waals surface area contributed by atoms with Crippen molar-refractivity contribution in [2.75, 3.05) is 31.1 Å². The Balaban J connectivity index is 1.56. The lowest BCUT2D eigenvalue weighted by Crippen LogP contribution is -2.51. The van der Waals surface area contributed by atoms with E-state index >= 15 is 0 Å². The monoisotopic (exact) mass is 469 g/mol. The van der Waals surface area contributed by atoms with Gasteiger partial charge in [-0.15, -0.1) is 0 Å². The zero-order valence-electron chi connectivity index (χ0n) is 17.1. The second kappa shape index (κ2) is 9.11. The van der Waals surface area contributed by atoms with Crippen LogP contribution in [0.15, 0.2) is 24.3 Å². The molecule has 7 nitrogen and oxygen atoms in total. The normalized spacial score (nSPS) is 20.0. The molecule has 162 valence electrons. The number of amides is 3. The molecular formula is C20H24ClN3O4S2. The van der Waals surface area contributed by atoms with Gasteiger partial charge in [-0.25, -0.2) is 9.69 Å². The third-order valence-corrected chi connectivity index (χ3v) is 6.61. The SMILES string of the molecule is CC(C)(C)OC(=O)N1CCN(C(=S)S[C@@H]2CC(=O)N(c3ccccc3Cl)C2=O)CC1. The Labute approximate surface area is 190 Å². The molecule has 1 aromatic rings. The van der Waals surface area contributed by atoms with E-state index < -0.39 is 10.9 Å². The third kappa shape index (κ3) is 5.25. The van der Waals surface area contributed by atoms with Crippen LogP contribution >= 0.6 is 35.6 Å². The maximum atomic E-state index is 12.8. The fourth-order valence-corrected chi connectivity index (χ4v) is 4.94. The van der Waals surface area contributed by atoms with Crippen LogP contribution in [0.25, 0.3) is 0 Å². The Morgan fingerprint density at radius 3 is 2.33 bits per heavy atom. The predicted octanol–water partition coefficient (Wildman–Crippen LogP) is 3.54. The van der Waals surface area contributed by atoms with Crippen LogP contribution < -0.4 is 4.90 Å². The Hall–Kier alpha value is -1.84. The zero-order chi connectivity index (χ0) is 22.1. The molecule has 0 aliphatic carbocycles. The number of nitrogens with zero attached hydrogens (tertiary/aromatic N) is 3. The van der Waals surface area contributed by atoms with E-state index in [0.717, 1.165) is 4.90 Å². The van der Waals surface area contributed by atoms with E-state index in [-0.39, 0.29) is 24.3 Å². The molecule has 2 fully saturated rings. The minimum atomic E-state index is -0.579. The van der Waals surface area contributed by atoms with Gasteiger partial charge in [0.25, 0.3) is 0 Å². The summed E-state index contributed by atoms with van der Waals surface area (Å²) < 4.78 is 5.95. The summed E-state index contributed by atoms with van der Waals surface area (Å²) >= 11 is 12.9. The third-order valence-electron chi connectivity index (χ3n) is 4.63. The van der Waals surface area contributed by atoms with Crippen LogP contribution in [-0.2, 0) is 14.3 Å². The van der Waals surface area contributed by atoms with E-state index in [0.29, 0.717) is 41.2 Å². The second-order valence-electron chi connectivity index (χ2n) is 8.05. The summed E-state index contributed by atoms with van der Waals surface area (Å²) in [5.74, 6) is -0.601. The van der Waals surface area contributed by atoms with Gasteiger partial charge in [-0.3, -0.25) is 9.59 Å². The van der Waals surface area contributed by atoms with Crippen LogP contribution in [0.1, 0.15) is 27.2 Å². The molecule has 2 saturated heterocycles. The largest absolute Gasteiger partial charge is 0.444 e. The summed E-state index contributed by atoms with van der Waals surface area (Å²) in [5, 5.41) is -0.226. The molecule has 1 aromatic carbocycles. The van der Waals surface area contributed by atoms with Crippen molar-refractivity contribution in [1.82, 2.24) is 9.80 Å². The highest BCUT2D eigenvalue weighted by Crippen LogP contribution is 2.34. The molecule has 0 bridgehead atoms. The van der Waals surface area contributed by atoms with Gasteiger partial charge >= 0.3 is 6.09 Å². The number of piperazine rings is 1. The highest BCUT2D eigenvalue weighted by molar-refractivity contribution is 8.23. The Morgan fingerprint density at radius 2 is 1.73 bits per heavy atom. The van der Waals surface area contributed by atoms with Crippen molar-refractivity contribution in [3.63, 3.8) is 0 Å². The van der Waals surface area contributed by atoms with Gasteiger partial charge in [-0.1, -0.05) is 47.7 Å². The predicted molar refractivity (Wildman–Crippen MR) is 122 cm³/mol. The smallest absolute Gasteiger partial charge is 0.410 e. The van der Waals surface area contributed by atoms with Crippen LogP contribution in [0.4, 0.5) is 10.5 Å². The van der Waals surface area contributed by atoms with Crippen molar-refractivity contribution in [3.05, 3.63) is 29.3 Å². The quantitative estimate of drug-likeness (QED) is 0.484. The molecule has 10 heteroatoms. The lowest BCUT2D eigenvalue weighted by molar-refractivity contribution is -0.121. The Bertz CT molecular complexity index is 866. The molecule has 0 radical (unpaired) electrons. The van der Waals surface area contributed by atoms with Crippen LogP contribution in [-0.4, -0.2) is 69.1 Å². The number of benzene rings is 1. The number of carbonyl (C=O) groups excluding carboxylic acids is 3. The molecule has 0 spiro atoms. The molecule has 0 unspecified atom stereocenters. The topological polar surface area (TPSA) is 70.2 Å². The van der Waals surface area contributed by atoms with Crippen molar-refractivity contribution >= 4 is 63.5 Å². The number of halogens is 1. The number of para-hydroxylation sites is 1. The van der Waals surface area contributed by atoms with Gasteiger partial charge in [0.2, 0.25) is 11.8 Å². The molecule has 1 atom stereocenters. The molecule has 0 N–H and O–H groups in total. The number of hydrogen-bond donors (Lipinski definition) is 0. The van der Waals surface area contributed by atoms with Gasteiger partial charge in [0.15, 0.2) is 0 Å². The number of imide groups is 1. The number of thiocarbonyl (C=S) groups is 1. The molecule has 0 saturated carbocycles. The fourth-order valence-electron chi connectivity index (χ4n) is 3.18. The van der Waals surface area contributed by atoms with Crippen LogP contribution in [0.2, 0.25) is 5.02 Å². The first-order valence-corrected chi connectivity index (χ1v) is 11.3. The molecule has 2 aliphatic rings. The average Bonchev–Trinajstić information content (AvgIpc) is 2.94. The van der Waals surface area contributed by atoms with Crippen molar-refractivity contribution in [1.29, 1.82) is 0 Å². The number of hydrogen-bond acceptors (Lipinski definition) is 6. The zero-order valence-corrected chi connectivity index (χ0v) is 19.5. The standard InChI is InChI=1S/C20H24ClN3O4S2/c1-20(2,3)28-18(27)22-8-10-23(11-9-22)19(29)30-15-12-16(25)24(17(15)26)14-7-5-4-6-13(14)21/h4-7,15H,8-12H2,1-3H3/t15-/m1/s1. The Kier molecular flexibility index (Phi) is 6.94. The summed E-state index contributed by atoms with van der Waals surface area (Å²) in [6.07, 6.45) is -0.264. The first kappa shape index (κ1) is 22.8. The van der Waals surface area contributed by atoms with E-state index in [2.05, 4.69) is 0 Å². The minimum Gasteiger partial charge on any atom is -0.444 e. The van der Waals surface area contributed by atoms with Crippen molar-refractivity contribution in [3.8, 4) is 0 Å². The average molecular weight is 470 g/mol. The van der Waals surface area contributed by atoms with Gasteiger partial charge in [0, 0.05) is 32.6 Å². The molecule has 2 heterocycles. The lowest BCUT2D eigenvalue weighted by Gasteiger charge is -2.36. The highest BCUT2D eigenvalue weighted by atomic mass is 35.5. The van der Waals surface area contributed by atoms with E-state index in [9.17, 15) is 14.4 Å².